The van der Waals surface area contributed by atoms with E-state index in [1.165, 1.54) is 0 Å². The number of hydrogen-bond acceptors (Lipinski definition) is 9. The first kappa shape index (κ1) is 45.4. The minimum absolute atomic E-state index is 0. The average Bonchev–Trinajstić information content (AvgIpc) is 2.80. The van der Waals surface area contributed by atoms with Crippen molar-refractivity contribution in [1.82, 2.24) is 0 Å². The topological polar surface area (TPSA) is 148 Å². The van der Waals surface area contributed by atoms with Crippen LogP contribution in [0.25, 0.3) is 0 Å². The number of unbranched alkanes of at least 4 members (excludes halogenated alkanes) is 3. The van der Waals surface area contributed by atoms with Crippen LogP contribution < -0.4 is 14.7 Å². The van der Waals surface area contributed by atoms with Crippen molar-refractivity contribution in [3.05, 3.63) is 0 Å². The molecule has 6 unspecified atom stereocenters. The van der Waals surface area contributed by atoms with E-state index < -0.39 is 24.8 Å². The van der Waals surface area contributed by atoms with Crippen LogP contribution in [0.15, 0.2) is 0 Å². The third-order valence-corrected chi connectivity index (χ3v) is 6.59. The van der Waals surface area contributed by atoms with Crippen LogP contribution >= 0.6 is 24.8 Å². The summed E-state index contributed by atoms with van der Waals surface area (Å²) in [6.45, 7) is 12.3. The Hall–Kier alpha value is 1.41. The summed E-state index contributed by atoms with van der Waals surface area (Å²) in [6.07, 6.45) is 14.1. The maximum Gasteiger partial charge on any atom is 3.00 e. The maximum absolute atomic E-state index is 10.3. The summed E-state index contributed by atoms with van der Waals surface area (Å²) < 4.78 is 45.0. The monoisotopic (exact) mass is 718 g/mol. The van der Waals surface area contributed by atoms with Gasteiger partial charge in [0.05, 0.1) is 0 Å². The number of hydrogen-bond donors (Lipinski definition) is 0. The Kier molecular flexibility index (Phi) is 43.5. The molecular weight excluding hydrogens is 669 g/mol. The third-order valence-electron chi connectivity index (χ3n) is 5.18. The van der Waals surface area contributed by atoms with Gasteiger partial charge in [0.15, 0.2) is 0 Å². The molecule has 0 aromatic heterocycles. The van der Waals surface area contributed by atoms with Gasteiger partial charge in [-0.25, -0.2) is 0 Å². The molecule has 1 radical (unpaired) electrons. The summed E-state index contributed by atoms with van der Waals surface area (Å²) in [5, 5.41) is 0. The van der Waals surface area contributed by atoms with Gasteiger partial charge in [-0.05, 0) is 52.2 Å². The van der Waals surface area contributed by atoms with E-state index in [1.54, 1.807) is 0 Å². The van der Waals surface area contributed by atoms with Crippen molar-refractivity contribution in [3.63, 3.8) is 0 Å². The normalized spacial score (nSPS) is 14.0. The van der Waals surface area contributed by atoms with E-state index in [2.05, 4.69) is 20.8 Å². The first-order valence-corrected chi connectivity index (χ1v) is 16.8. The zero-order chi connectivity index (χ0) is 28.2. The van der Waals surface area contributed by atoms with Gasteiger partial charge < -0.3 is 14.7 Å². The van der Waals surface area contributed by atoms with Gasteiger partial charge in [-0.1, -0.05) is 99.3 Å². The molecule has 0 aliphatic rings. The van der Waals surface area contributed by atoms with E-state index in [0.717, 1.165) is 96.3 Å². The van der Waals surface area contributed by atoms with Crippen LogP contribution in [0, 0.1) is 40.8 Å². The largest absolute Gasteiger partial charge is 3.00 e. The fourth-order valence-corrected chi connectivity index (χ4v) is 4.74. The Morgan fingerprint density at radius 1 is 0.459 bits per heavy atom. The predicted octanol–water partition coefficient (Wildman–Crippen LogP) is 7.14. The molecule has 0 rings (SSSR count). The number of rotatable bonds is 21. The van der Waals surface area contributed by atoms with Gasteiger partial charge in [-0.3, -0.25) is 0 Å². The van der Waals surface area contributed by atoms with Gasteiger partial charge in [0.25, 0.3) is 0 Å². The molecule has 0 aliphatic heterocycles. The van der Waals surface area contributed by atoms with E-state index in [0.29, 0.717) is 0 Å². The molecule has 0 aromatic carbocycles. The van der Waals surface area contributed by atoms with Crippen molar-refractivity contribution >= 4 is 24.8 Å². The van der Waals surface area contributed by atoms with E-state index >= 15 is 0 Å². The molecular formula is C24H51NdO9P3+3. The van der Waals surface area contributed by atoms with Crippen molar-refractivity contribution in [2.24, 2.45) is 0 Å². The van der Waals surface area contributed by atoms with Gasteiger partial charge in [0.1, 0.15) is 18.3 Å². The predicted molar refractivity (Wildman–Crippen MR) is 141 cm³/mol. The maximum atomic E-state index is 10.3. The third kappa shape index (κ3) is 39.6. The molecule has 0 saturated heterocycles. The average molecular weight is 721 g/mol. The second-order valence-corrected chi connectivity index (χ2v) is 10.6. The quantitative estimate of drug-likeness (QED) is 0.113. The van der Waals surface area contributed by atoms with Crippen LogP contribution in [-0.4, -0.2) is 18.3 Å². The SMILES string of the molecule is CCCCC(CCC)O[P+](=O)[O-].CCCCC(CCC)O[P+](=O)[O-].CCCCC(CCC)O[P+](=O)[O-].[Nd+3]. The second-order valence-electron chi connectivity index (χ2n) is 8.65. The van der Waals surface area contributed by atoms with Crippen LogP contribution in [0.5, 0.6) is 0 Å². The molecule has 217 valence electrons. The fourth-order valence-electron chi connectivity index (χ4n) is 3.38. The molecule has 0 bridgehead atoms. The molecule has 0 N–H and O–H groups in total. The van der Waals surface area contributed by atoms with Crippen molar-refractivity contribution in [1.29, 1.82) is 0 Å². The van der Waals surface area contributed by atoms with E-state index in [4.69, 9.17) is 13.6 Å². The van der Waals surface area contributed by atoms with E-state index in [-0.39, 0.29) is 59.2 Å². The Balaban J connectivity index is -0.000000218. The second kappa shape index (κ2) is 35.4. The Morgan fingerprint density at radius 3 is 0.811 bits per heavy atom. The standard InChI is InChI=1S/3C8H17O3P.Nd/c3*1-3-5-7-8(6-4-2)11-12(9)10;/h3*8H,3-7H2,1-2H3;/q;;;+3. The molecule has 37 heavy (non-hydrogen) atoms. The zero-order valence-corrected chi connectivity index (χ0v) is 29.7. The van der Waals surface area contributed by atoms with Crippen molar-refractivity contribution < 1.29 is 82.8 Å². The summed E-state index contributed by atoms with van der Waals surface area (Å²) in [6, 6.07) is 0. The van der Waals surface area contributed by atoms with Crippen LogP contribution in [-0.2, 0) is 27.3 Å². The summed E-state index contributed by atoms with van der Waals surface area (Å²) in [5.74, 6) is 0. The van der Waals surface area contributed by atoms with Crippen molar-refractivity contribution in [3.8, 4) is 0 Å². The molecule has 0 amide bonds. The van der Waals surface area contributed by atoms with Crippen molar-refractivity contribution in [2.45, 2.75) is 156 Å². The van der Waals surface area contributed by atoms with Crippen LogP contribution in [0.3, 0.4) is 0 Å². The molecule has 6 atom stereocenters. The van der Waals surface area contributed by atoms with Gasteiger partial charge in [0, 0.05) is 0 Å². The fraction of sp³-hybridized carbons (Fsp3) is 1.00. The first-order chi connectivity index (χ1) is 17.1. The summed E-state index contributed by atoms with van der Waals surface area (Å²) in [5.41, 5.74) is 0. The summed E-state index contributed by atoms with van der Waals surface area (Å²) >= 11 is 0. The minimum Gasteiger partial charge on any atom is -0.566 e. The van der Waals surface area contributed by atoms with Gasteiger partial charge in [-0.15, -0.1) is 13.6 Å². The van der Waals surface area contributed by atoms with Crippen LogP contribution in [0.2, 0.25) is 0 Å². The minimum atomic E-state index is -2.67. The van der Waals surface area contributed by atoms with Crippen molar-refractivity contribution in [2.75, 3.05) is 0 Å². The Bertz CT molecular complexity index is 460. The van der Waals surface area contributed by atoms with Gasteiger partial charge >= 0.3 is 65.6 Å². The molecule has 0 saturated carbocycles. The van der Waals surface area contributed by atoms with E-state index in [1.807, 2.05) is 20.8 Å². The van der Waals surface area contributed by atoms with Gasteiger partial charge in [-0.2, -0.15) is 0 Å². The van der Waals surface area contributed by atoms with Crippen LogP contribution in [0.1, 0.15) is 138 Å². The Morgan fingerprint density at radius 2 is 0.676 bits per heavy atom. The molecule has 0 aromatic rings. The molecule has 0 fully saturated rings. The summed E-state index contributed by atoms with van der Waals surface area (Å²) in [7, 11) is -8.00. The smallest absolute Gasteiger partial charge is 0.566 e. The zero-order valence-electron chi connectivity index (χ0n) is 23.9. The Labute approximate surface area is 262 Å². The van der Waals surface area contributed by atoms with Crippen LogP contribution in [0.4, 0.5) is 0 Å². The van der Waals surface area contributed by atoms with Gasteiger partial charge in [0.2, 0.25) is 0 Å². The molecule has 0 aliphatic carbocycles. The summed E-state index contributed by atoms with van der Waals surface area (Å²) in [4.78, 5) is 30.8. The molecule has 0 heterocycles. The first-order valence-electron chi connectivity index (χ1n) is 13.5. The molecule has 13 heteroatoms. The van der Waals surface area contributed by atoms with E-state index in [9.17, 15) is 28.4 Å². The molecule has 0 spiro atoms. The molecule has 9 nitrogen and oxygen atoms in total.